The SMILES string of the molecule is COc1ccc(CS(=O)CCCN)cc1. The van der Waals surface area contributed by atoms with Crippen molar-refractivity contribution >= 4 is 10.8 Å². The molecule has 0 amide bonds. The first-order valence-electron chi connectivity index (χ1n) is 4.94. The summed E-state index contributed by atoms with van der Waals surface area (Å²) in [6, 6.07) is 7.66. The zero-order valence-corrected chi connectivity index (χ0v) is 9.76. The Morgan fingerprint density at radius 3 is 2.53 bits per heavy atom. The van der Waals surface area contributed by atoms with Crippen LogP contribution in [0.25, 0.3) is 0 Å². The molecule has 0 fully saturated rings. The maximum Gasteiger partial charge on any atom is 0.118 e. The van der Waals surface area contributed by atoms with E-state index in [1.807, 2.05) is 24.3 Å². The highest BCUT2D eigenvalue weighted by Gasteiger charge is 2.01. The highest BCUT2D eigenvalue weighted by Crippen LogP contribution is 2.12. The molecule has 0 radical (unpaired) electrons. The van der Waals surface area contributed by atoms with Gasteiger partial charge in [-0.3, -0.25) is 4.21 Å². The largest absolute Gasteiger partial charge is 0.497 e. The van der Waals surface area contributed by atoms with Gasteiger partial charge in [0.2, 0.25) is 0 Å². The van der Waals surface area contributed by atoms with Crippen LogP contribution in [0.5, 0.6) is 5.75 Å². The number of nitrogens with two attached hydrogens (primary N) is 1. The molecular formula is C11H17NO2S. The zero-order valence-electron chi connectivity index (χ0n) is 8.94. The highest BCUT2D eigenvalue weighted by atomic mass is 32.2. The third-order valence-corrected chi connectivity index (χ3v) is 3.46. The average Bonchev–Trinajstić information content (AvgIpc) is 2.27. The molecule has 0 saturated carbocycles. The van der Waals surface area contributed by atoms with Gasteiger partial charge in [0.1, 0.15) is 5.75 Å². The molecule has 4 heteroatoms. The van der Waals surface area contributed by atoms with E-state index in [1.165, 1.54) is 0 Å². The van der Waals surface area contributed by atoms with Crippen LogP contribution in [0.2, 0.25) is 0 Å². The van der Waals surface area contributed by atoms with Crippen LogP contribution in [-0.2, 0) is 16.6 Å². The van der Waals surface area contributed by atoms with Gasteiger partial charge < -0.3 is 10.5 Å². The van der Waals surface area contributed by atoms with E-state index in [9.17, 15) is 4.21 Å². The molecule has 0 aliphatic heterocycles. The van der Waals surface area contributed by atoms with E-state index in [2.05, 4.69) is 0 Å². The predicted octanol–water partition coefficient (Wildman–Crippen LogP) is 1.29. The topological polar surface area (TPSA) is 52.3 Å². The van der Waals surface area contributed by atoms with Gasteiger partial charge in [-0.1, -0.05) is 12.1 Å². The smallest absolute Gasteiger partial charge is 0.118 e. The maximum absolute atomic E-state index is 11.6. The van der Waals surface area contributed by atoms with Gasteiger partial charge in [0.25, 0.3) is 0 Å². The van der Waals surface area contributed by atoms with Crippen LogP contribution >= 0.6 is 0 Å². The van der Waals surface area contributed by atoms with Gasteiger partial charge in [-0.15, -0.1) is 0 Å². The Kier molecular flexibility index (Phi) is 5.36. The van der Waals surface area contributed by atoms with E-state index >= 15 is 0 Å². The quantitative estimate of drug-likeness (QED) is 0.797. The molecule has 1 unspecified atom stereocenters. The summed E-state index contributed by atoms with van der Waals surface area (Å²) in [5.74, 6) is 2.11. The third-order valence-electron chi connectivity index (χ3n) is 2.06. The molecule has 0 saturated heterocycles. The van der Waals surface area contributed by atoms with Crippen molar-refractivity contribution in [2.45, 2.75) is 12.2 Å². The normalized spacial score (nSPS) is 12.4. The fourth-order valence-electron chi connectivity index (χ4n) is 1.22. The molecule has 0 spiro atoms. The number of hydrogen-bond acceptors (Lipinski definition) is 3. The molecule has 0 bridgehead atoms. The van der Waals surface area contributed by atoms with Gasteiger partial charge in [-0.25, -0.2) is 0 Å². The highest BCUT2D eigenvalue weighted by molar-refractivity contribution is 7.84. The van der Waals surface area contributed by atoms with Crippen molar-refractivity contribution in [2.24, 2.45) is 5.73 Å². The van der Waals surface area contributed by atoms with Crippen LogP contribution < -0.4 is 10.5 Å². The van der Waals surface area contributed by atoms with E-state index in [4.69, 9.17) is 10.5 Å². The molecule has 0 aliphatic rings. The van der Waals surface area contributed by atoms with Crippen LogP contribution in [0.15, 0.2) is 24.3 Å². The monoisotopic (exact) mass is 227 g/mol. The van der Waals surface area contributed by atoms with Crippen molar-refractivity contribution in [1.29, 1.82) is 0 Å². The Hall–Kier alpha value is -0.870. The number of rotatable bonds is 6. The minimum absolute atomic E-state index is 0.601. The van der Waals surface area contributed by atoms with Gasteiger partial charge in [-0.05, 0) is 30.7 Å². The van der Waals surface area contributed by atoms with Gasteiger partial charge in [0, 0.05) is 22.3 Å². The molecule has 0 heterocycles. The minimum Gasteiger partial charge on any atom is -0.497 e. The summed E-state index contributed by atoms with van der Waals surface area (Å²) >= 11 is 0. The Bertz CT molecular complexity index is 311. The first kappa shape index (κ1) is 12.2. The molecule has 15 heavy (non-hydrogen) atoms. The van der Waals surface area contributed by atoms with Crippen molar-refractivity contribution in [3.63, 3.8) is 0 Å². The van der Waals surface area contributed by atoms with Gasteiger partial charge in [0.05, 0.1) is 7.11 Å². The van der Waals surface area contributed by atoms with Crippen LogP contribution in [0, 0.1) is 0 Å². The summed E-state index contributed by atoms with van der Waals surface area (Å²) in [6.45, 7) is 0.606. The zero-order chi connectivity index (χ0) is 11.1. The molecule has 1 atom stereocenters. The first-order valence-corrected chi connectivity index (χ1v) is 6.43. The van der Waals surface area contributed by atoms with Crippen LogP contribution in [0.3, 0.4) is 0 Å². The third kappa shape index (κ3) is 4.44. The Balaban J connectivity index is 2.46. The second-order valence-electron chi connectivity index (χ2n) is 3.28. The first-order chi connectivity index (χ1) is 7.26. The summed E-state index contributed by atoms with van der Waals surface area (Å²) in [5.41, 5.74) is 6.43. The van der Waals surface area contributed by atoms with Crippen LogP contribution in [-0.4, -0.2) is 23.6 Å². The van der Waals surface area contributed by atoms with Gasteiger partial charge in [0.15, 0.2) is 0 Å². The van der Waals surface area contributed by atoms with Crippen LogP contribution in [0.1, 0.15) is 12.0 Å². The van der Waals surface area contributed by atoms with E-state index in [0.29, 0.717) is 18.1 Å². The molecule has 0 aliphatic carbocycles. The van der Waals surface area contributed by atoms with E-state index in [0.717, 1.165) is 17.7 Å². The Morgan fingerprint density at radius 1 is 1.33 bits per heavy atom. The van der Waals surface area contributed by atoms with E-state index in [-0.39, 0.29) is 0 Å². The summed E-state index contributed by atoms with van der Waals surface area (Å²) in [7, 11) is 0.833. The average molecular weight is 227 g/mol. The maximum atomic E-state index is 11.6. The van der Waals surface area contributed by atoms with Crippen molar-refractivity contribution in [2.75, 3.05) is 19.4 Å². The lowest BCUT2D eigenvalue weighted by atomic mass is 10.2. The Morgan fingerprint density at radius 2 is 2.00 bits per heavy atom. The lowest BCUT2D eigenvalue weighted by Crippen LogP contribution is -2.07. The lowest BCUT2D eigenvalue weighted by molar-refractivity contribution is 0.414. The number of benzene rings is 1. The number of ether oxygens (including phenoxy) is 1. The summed E-state index contributed by atoms with van der Waals surface area (Å²) in [6.07, 6.45) is 0.822. The summed E-state index contributed by atoms with van der Waals surface area (Å²) in [5, 5.41) is 0. The molecule has 1 aromatic carbocycles. The molecular weight excluding hydrogens is 210 g/mol. The standard InChI is InChI=1S/C11H17NO2S/c1-14-11-5-3-10(4-6-11)9-15(13)8-2-7-12/h3-6H,2,7-9,12H2,1H3. The lowest BCUT2D eigenvalue weighted by Gasteiger charge is -2.03. The van der Waals surface area contributed by atoms with Crippen molar-refractivity contribution in [1.82, 2.24) is 0 Å². The summed E-state index contributed by atoms with van der Waals surface area (Å²) in [4.78, 5) is 0. The molecule has 1 rings (SSSR count). The molecule has 3 nitrogen and oxygen atoms in total. The fourth-order valence-corrected chi connectivity index (χ4v) is 2.42. The van der Waals surface area contributed by atoms with Crippen molar-refractivity contribution in [3.8, 4) is 5.75 Å². The minimum atomic E-state index is -0.800. The molecule has 0 aromatic heterocycles. The van der Waals surface area contributed by atoms with E-state index < -0.39 is 10.8 Å². The molecule has 2 N–H and O–H groups in total. The Labute approximate surface area is 93.1 Å². The molecule has 84 valence electrons. The predicted molar refractivity (Wildman–Crippen MR) is 63.4 cm³/mol. The number of hydrogen-bond donors (Lipinski definition) is 1. The van der Waals surface area contributed by atoms with Gasteiger partial charge in [-0.2, -0.15) is 0 Å². The van der Waals surface area contributed by atoms with Crippen molar-refractivity contribution in [3.05, 3.63) is 29.8 Å². The van der Waals surface area contributed by atoms with Crippen LogP contribution in [0.4, 0.5) is 0 Å². The second-order valence-corrected chi connectivity index (χ2v) is 4.86. The van der Waals surface area contributed by atoms with Crippen molar-refractivity contribution < 1.29 is 8.95 Å². The molecule has 1 aromatic rings. The number of methoxy groups -OCH3 is 1. The summed E-state index contributed by atoms with van der Waals surface area (Å²) < 4.78 is 16.6. The van der Waals surface area contributed by atoms with E-state index in [1.54, 1.807) is 7.11 Å². The van der Waals surface area contributed by atoms with Gasteiger partial charge >= 0.3 is 0 Å². The fraction of sp³-hybridized carbons (Fsp3) is 0.455. The second kappa shape index (κ2) is 6.58.